The number of carbonyl (C=O) groups excluding carboxylic acids is 1. The van der Waals surface area contributed by atoms with Gasteiger partial charge in [-0.1, -0.05) is 0 Å². The molecular weight excluding hydrogens is 154 g/mol. The van der Waals surface area contributed by atoms with Gasteiger partial charge in [-0.05, 0) is 13.0 Å². The molecule has 0 aliphatic carbocycles. The molecule has 0 saturated heterocycles. The van der Waals surface area contributed by atoms with Crippen molar-refractivity contribution in [2.75, 3.05) is 6.54 Å². The zero-order valence-electron chi connectivity index (χ0n) is 6.91. The van der Waals surface area contributed by atoms with Crippen LogP contribution in [0.25, 0.3) is 0 Å². The molecule has 0 aromatic carbocycles. The van der Waals surface area contributed by atoms with E-state index >= 15 is 0 Å². The minimum atomic E-state index is -0.0512. The highest BCUT2D eigenvalue weighted by Gasteiger charge is 2.00. The Morgan fingerprint density at radius 3 is 3.17 bits per heavy atom. The summed E-state index contributed by atoms with van der Waals surface area (Å²) in [6.07, 6.45) is 6.02. The first-order chi connectivity index (χ1) is 5.84. The second kappa shape index (κ2) is 4.38. The van der Waals surface area contributed by atoms with Gasteiger partial charge in [0.2, 0.25) is 0 Å². The first kappa shape index (κ1) is 8.59. The molecule has 0 fully saturated rings. The molecule has 0 unspecified atom stereocenters. The van der Waals surface area contributed by atoms with Crippen LogP contribution in [0.15, 0.2) is 35.3 Å². The number of rotatable bonds is 4. The smallest absolute Gasteiger partial charge is 0.190 e. The quantitative estimate of drug-likeness (QED) is 0.544. The highest BCUT2D eigenvalue weighted by atomic mass is 16.3. The van der Waals surface area contributed by atoms with Gasteiger partial charge < -0.3 is 9.73 Å². The molecule has 1 aromatic heterocycles. The van der Waals surface area contributed by atoms with Crippen molar-refractivity contribution in [1.82, 2.24) is 5.32 Å². The molecular formula is C9H11NO2. The first-order valence-corrected chi connectivity index (χ1v) is 3.81. The van der Waals surface area contributed by atoms with Gasteiger partial charge >= 0.3 is 0 Å². The van der Waals surface area contributed by atoms with Crippen LogP contribution in [0.2, 0.25) is 0 Å². The fourth-order valence-corrected chi connectivity index (χ4v) is 0.753. The Balaban J connectivity index is 2.50. The van der Waals surface area contributed by atoms with Crippen LogP contribution in [-0.4, -0.2) is 12.3 Å². The number of hydrogen-bond acceptors (Lipinski definition) is 3. The summed E-state index contributed by atoms with van der Waals surface area (Å²) in [6, 6.07) is 1.64. The number of nitrogens with one attached hydrogen (secondary N) is 1. The minimum Gasteiger partial charge on any atom is -0.472 e. The maximum atomic E-state index is 11.2. The predicted octanol–water partition coefficient (Wildman–Crippen LogP) is 1.59. The summed E-state index contributed by atoms with van der Waals surface area (Å²) >= 11 is 0. The van der Waals surface area contributed by atoms with Gasteiger partial charge in [-0.25, -0.2) is 0 Å². The molecule has 3 heteroatoms. The van der Waals surface area contributed by atoms with Crippen molar-refractivity contribution in [2.24, 2.45) is 0 Å². The van der Waals surface area contributed by atoms with E-state index in [1.54, 1.807) is 12.3 Å². The first-order valence-electron chi connectivity index (χ1n) is 3.81. The predicted molar refractivity (Wildman–Crippen MR) is 45.9 cm³/mol. The van der Waals surface area contributed by atoms with Crippen molar-refractivity contribution in [3.05, 3.63) is 36.4 Å². The standard InChI is InChI=1S/C9H11NO2/c1-2-10-5-3-9(11)8-4-6-12-7-8/h3-7,10H,2H2,1H3/b5-3+. The van der Waals surface area contributed by atoms with E-state index in [1.807, 2.05) is 6.92 Å². The average molecular weight is 165 g/mol. The van der Waals surface area contributed by atoms with E-state index in [1.165, 1.54) is 18.6 Å². The van der Waals surface area contributed by atoms with Crippen LogP contribution < -0.4 is 5.32 Å². The van der Waals surface area contributed by atoms with E-state index in [0.717, 1.165) is 6.54 Å². The van der Waals surface area contributed by atoms with E-state index in [-0.39, 0.29) is 5.78 Å². The van der Waals surface area contributed by atoms with Gasteiger partial charge in [0.25, 0.3) is 0 Å². The molecule has 64 valence electrons. The summed E-state index contributed by atoms with van der Waals surface area (Å²) in [7, 11) is 0. The maximum Gasteiger partial charge on any atom is 0.190 e. The van der Waals surface area contributed by atoms with Crippen molar-refractivity contribution in [2.45, 2.75) is 6.92 Å². The Labute approximate surface area is 71.1 Å². The van der Waals surface area contributed by atoms with Crippen molar-refractivity contribution in [1.29, 1.82) is 0 Å². The summed E-state index contributed by atoms with van der Waals surface area (Å²) in [4.78, 5) is 11.2. The molecule has 0 atom stereocenters. The van der Waals surface area contributed by atoms with Gasteiger partial charge in [-0.15, -0.1) is 0 Å². The molecule has 1 rings (SSSR count). The number of hydrogen-bond donors (Lipinski definition) is 1. The Morgan fingerprint density at radius 1 is 1.75 bits per heavy atom. The van der Waals surface area contributed by atoms with Gasteiger partial charge in [-0.3, -0.25) is 4.79 Å². The Kier molecular flexibility index (Phi) is 3.14. The largest absolute Gasteiger partial charge is 0.472 e. The zero-order chi connectivity index (χ0) is 8.81. The molecule has 12 heavy (non-hydrogen) atoms. The Hall–Kier alpha value is -1.51. The second-order valence-corrected chi connectivity index (χ2v) is 2.27. The summed E-state index contributed by atoms with van der Waals surface area (Å²) in [5.74, 6) is -0.0512. The van der Waals surface area contributed by atoms with Gasteiger partial charge in [0.1, 0.15) is 6.26 Å². The van der Waals surface area contributed by atoms with E-state index in [0.29, 0.717) is 5.56 Å². The number of carbonyl (C=O) groups is 1. The molecule has 1 heterocycles. The second-order valence-electron chi connectivity index (χ2n) is 2.27. The van der Waals surface area contributed by atoms with Crippen LogP contribution >= 0.6 is 0 Å². The van der Waals surface area contributed by atoms with E-state index in [4.69, 9.17) is 4.42 Å². The van der Waals surface area contributed by atoms with Gasteiger partial charge in [0.15, 0.2) is 5.78 Å². The van der Waals surface area contributed by atoms with E-state index in [9.17, 15) is 4.79 Å². The fourth-order valence-electron chi connectivity index (χ4n) is 0.753. The average Bonchev–Trinajstić information content (AvgIpc) is 2.56. The lowest BCUT2D eigenvalue weighted by Crippen LogP contribution is -2.03. The molecule has 0 spiro atoms. The normalized spacial score (nSPS) is 10.4. The molecule has 0 aliphatic rings. The van der Waals surface area contributed by atoms with Crippen LogP contribution in [0.4, 0.5) is 0 Å². The maximum absolute atomic E-state index is 11.2. The lowest BCUT2D eigenvalue weighted by Gasteiger charge is -1.90. The Bertz CT molecular complexity index is 262. The van der Waals surface area contributed by atoms with Crippen LogP contribution in [-0.2, 0) is 0 Å². The third kappa shape index (κ3) is 2.27. The molecule has 0 radical (unpaired) electrons. The van der Waals surface area contributed by atoms with Crippen molar-refractivity contribution in [3.8, 4) is 0 Å². The fraction of sp³-hybridized carbons (Fsp3) is 0.222. The van der Waals surface area contributed by atoms with E-state index < -0.39 is 0 Å². The van der Waals surface area contributed by atoms with Crippen molar-refractivity contribution in [3.63, 3.8) is 0 Å². The summed E-state index contributed by atoms with van der Waals surface area (Å²) in [5.41, 5.74) is 0.573. The number of ketones is 1. The third-order valence-corrected chi connectivity index (χ3v) is 1.36. The SMILES string of the molecule is CCN/C=C/C(=O)c1ccoc1. The van der Waals surface area contributed by atoms with Crippen LogP contribution in [0.3, 0.4) is 0 Å². The van der Waals surface area contributed by atoms with Gasteiger partial charge in [0.05, 0.1) is 11.8 Å². The number of furan rings is 1. The molecule has 0 amide bonds. The van der Waals surface area contributed by atoms with Crippen molar-refractivity contribution >= 4 is 5.78 Å². The van der Waals surface area contributed by atoms with Crippen LogP contribution in [0, 0.1) is 0 Å². The zero-order valence-corrected chi connectivity index (χ0v) is 6.91. The highest BCUT2D eigenvalue weighted by molar-refractivity contribution is 6.04. The monoisotopic (exact) mass is 165 g/mol. The lowest BCUT2D eigenvalue weighted by molar-refractivity contribution is 0.104. The molecule has 0 aliphatic heterocycles. The minimum absolute atomic E-state index is 0.0512. The lowest BCUT2D eigenvalue weighted by atomic mass is 10.2. The summed E-state index contributed by atoms with van der Waals surface area (Å²) in [5, 5.41) is 2.91. The summed E-state index contributed by atoms with van der Waals surface area (Å²) in [6.45, 7) is 2.78. The van der Waals surface area contributed by atoms with Crippen LogP contribution in [0.1, 0.15) is 17.3 Å². The number of allylic oxidation sites excluding steroid dienone is 1. The van der Waals surface area contributed by atoms with Crippen molar-refractivity contribution < 1.29 is 9.21 Å². The Morgan fingerprint density at radius 2 is 2.58 bits per heavy atom. The van der Waals surface area contributed by atoms with Gasteiger partial charge in [0, 0.05) is 18.8 Å². The van der Waals surface area contributed by atoms with Gasteiger partial charge in [-0.2, -0.15) is 0 Å². The highest BCUT2D eigenvalue weighted by Crippen LogP contribution is 2.01. The molecule has 0 saturated carbocycles. The van der Waals surface area contributed by atoms with Crippen LogP contribution in [0.5, 0.6) is 0 Å². The molecule has 3 nitrogen and oxygen atoms in total. The molecule has 0 bridgehead atoms. The molecule has 1 aromatic rings. The topological polar surface area (TPSA) is 42.2 Å². The third-order valence-electron chi connectivity index (χ3n) is 1.36. The molecule has 1 N–H and O–H groups in total. The van der Waals surface area contributed by atoms with E-state index in [2.05, 4.69) is 5.32 Å². The summed E-state index contributed by atoms with van der Waals surface area (Å²) < 4.78 is 4.77.